The predicted octanol–water partition coefficient (Wildman–Crippen LogP) is 1.01. The lowest BCUT2D eigenvalue weighted by molar-refractivity contribution is -0.143. The van der Waals surface area contributed by atoms with Crippen molar-refractivity contribution >= 4 is 5.97 Å². The Kier molecular flexibility index (Phi) is 4.40. The first-order chi connectivity index (χ1) is 8.18. The molecule has 98 valence electrons. The van der Waals surface area contributed by atoms with E-state index >= 15 is 0 Å². The van der Waals surface area contributed by atoms with Crippen LogP contribution in [-0.2, 0) is 9.53 Å². The van der Waals surface area contributed by atoms with E-state index in [-0.39, 0.29) is 12.0 Å². The minimum Gasteiger partial charge on any atom is -0.464 e. The van der Waals surface area contributed by atoms with E-state index in [1.54, 1.807) is 0 Å². The molecule has 0 radical (unpaired) electrons. The molecule has 2 atom stereocenters. The zero-order valence-corrected chi connectivity index (χ0v) is 10.9. The summed E-state index contributed by atoms with van der Waals surface area (Å²) < 4.78 is 5.09. The van der Waals surface area contributed by atoms with E-state index in [4.69, 9.17) is 4.74 Å². The Morgan fingerprint density at radius 1 is 1.47 bits per heavy atom. The van der Waals surface area contributed by atoms with Crippen molar-refractivity contribution in [1.82, 2.24) is 10.2 Å². The highest BCUT2D eigenvalue weighted by Gasteiger charge is 2.34. The van der Waals surface area contributed by atoms with Crippen molar-refractivity contribution in [3.05, 3.63) is 0 Å². The summed E-state index contributed by atoms with van der Waals surface area (Å²) in [6.07, 6.45) is 3.39. The monoisotopic (exact) mass is 240 g/mol. The lowest BCUT2D eigenvalue weighted by Crippen LogP contribution is -2.48. The summed E-state index contributed by atoms with van der Waals surface area (Å²) in [6.45, 7) is 8.18. The molecular formula is C13H24N2O2. The second kappa shape index (κ2) is 5.83. The fourth-order valence-corrected chi connectivity index (χ4v) is 2.86. The van der Waals surface area contributed by atoms with Crippen LogP contribution >= 0.6 is 0 Å². The summed E-state index contributed by atoms with van der Waals surface area (Å²) in [5.41, 5.74) is 0. The van der Waals surface area contributed by atoms with E-state index in [1.165, 1.54) is 12.8 Å². The molecule has 0 aromatic rings. The lowest BCUT2D eigenvalue weighted by Gasteiger charge is -2.35. The van der Waals surface area contributed by atoms with Crippen molar-refractivity contribution in [2.45, 2.75) is 45.2 Å². The standard InChI is InChI=1S/C13H24N2O2/c1-10(2)15(12-5-7-17-13(12)16)9-11-4-3-6-14-8-11/h10-12,14H,3-9H2,1-2H3. The molecule has 0 spiro atoms. The average molecular weight is 240 g/mol. The first-order valence-electron chi connectivity index (χ1n) is 6.81. The van der Waals surface area contributed by atoms with E-state index in [0.717, 1.165) is 26.1 Å². The zero-order valence-electron chi connectivity index (χ0n) is 10.9. The number of hydrogen-bond acceptors (Lipinski definition) is 4. The molecule has 2 aliphatic rings. The minimum absolute atomic E-state index is 0.00285. The van der Waals surface area contributed by atoms with Gasteiger partial charge in [-0.2, -0.15) is 0 Å². The number of rotatable bonds is 4. The lowest BCUT2D eigenvalue weighted by atomic mass is 9.97. The number of carbonyl (C=O) groups is 1. The molecule has 2 unspecified atom stereocenters. The molecule has 4 nitrogen and oxygen atoms in total. The number of esters is 1. The number of ether oxygens (including phenoxy) is 1. The van der Waals surface area contributed by atoms with Crippen LogP contribution in [0.25, 0.3) is 0 Å². The van der Waals surface area contributed by atoms with Gasteiger partial charge in [-0.3, -0.25) is 9.69 Å². The highest BCUT2D eigenvalue weighted by molar-refractivity contribution is 5.77. The summed E-state index contributed by atoms with van der Waals surface area (Å²) in [7, 11) is 0. The van der Waals surface area contributed by atoms with E-state index in [9.17, 15) is 4.79 Å². The van der Waals surface area contributed by atoms with Gasteiger partial charge in [-0.25, -0.2) is 0 Å². The topological polar surface area (TPSA) is 41.6 Å². The third-order valence-electron chi connectivity index (χ3n) is 3.84. The van der Waals surface area contributed by atoms with Gasteiger partial charge in [-0.1, -0.05) is 0 Å². The second-order valence-electron chi connectivity index (χ2n) is 5.47. The number of carbonyl (C=O) groups excluding carboxylic acids is 1. The van der Waals surface area contributed by atoms with Crippen LogP contribution < -0.4 is 5.32 Å². The third kappa shape index (κ3) is 3.19. The van der Waals surface area contributed by atoms with Crippen molar-refractivity contribution in [1.29, 1.82) is 0 Å². The summed E-state index contributed by atoms with van der Waals surface area (Å²) in [4.78, 5) is 14.0. The molecule has 0 saturated carbocycles. The molecule has 2 saturated heterocycles. The van der Waals surface area contributed by atoms with Gasteiger partial charge in [0.25, 0.3) is 0 Å². The van der Waals surface area contributed by atoms with Gasteiger partial charge in [-0.05, 0) is 45.7 Å². The van der Waals surface area contributed by atoms with Gasteiger partial charge in [0.15, 0.2) is 0 Å². The van der Waals surface area contributed by atoms with Gasteiger partial charge < -0.3 is 10.1 Å². The van der Waals surface area contributed by atoms with Gasteiger partial charge in [0.05, 0.1) is 6.61 Å². The molecule has 0 aromatic heterocycles. The molecule has 2 heterocycles. The molecule has 2 rings (SSSR count). The highest BCUT2D eigenvalue weighted by Crippen LogP contribution is 2.21. The van der Waals surface area contributed by atoms with E-state index in [0.29, 0.717) is 18.6 Å². The van der Waals surface area contributed by atoms with E-state index in [1.807, 2.05) is 0 Å². The van der Waals surface area contributed by atoms with Crippen LogP contribution in [0.1, 0.15) is 33.1 Å². The van der Waals surface area contributed by atoms with Crippen LogP contribution in [0.15, 0.2) is 0 Å². The van der Waals surface area contributed by atoms with Gasteiger partial charge in [0.1, 0.15) is 6.04 Å². The van der Waals surface area contributed by atoms with E-state index < -0.39 is 0 Å². The fraction of sp³-hybridized carbons (Fsp3) is 0.923. The Balaban J connectivity index is 1.94. The van der Waals surface area contributed by atoms with Crippen molar-refractivity contribution in [3.63, 3.8) is 0 Å². The quantitative estimate of drug-likeness (QED) is 0.745. The van der Waals surface area contributed by atoms with Crippen molar-refractivity contribution in [3.8, 4) is 0 Å². The minimum atomic E-state index is -0.0255. The maximum atomic E-state index is 11.7. The van der Waals surface area contributed by atoms with Crippen LogP contribution in [0.5, 0.6) is 0 Å². The van der Waals surface area contributed by atoms with E-state index in [2.05, 4.69) is 24.1 Å². The zero-order chi connectivity index (χ0) is 12.3. The number of nitrogens with one attached hydrogen (secondary N) is 1. The van der Waals surface area contributed by atoms with Gasteiger partial charge in [0, 0.05) is 19.0 Å². The van der Waals surface area contributed by atoms with Gasteiger partial charge >= 0.3 is 5.97 Å². The Labute approximate surface area is 104 Å². The molecule has 0 aromatic carbocycles. The molecule has 2 fully saturated rings. The van der Waals surface area contributed by atoms with Crippen LogP contribution in [0.3, 0.4) is 0 Å². The highest BCUT2D eigenvalue weighted by atomic mass is 16.5. The molecule has 4 heteroatoms. The first kappa shape index (κ1) is 12.8. The largest absolute Gasteiger partial charge is 0.464 e. The summed E-state index contributed by atoms with van der Waals surface area (Å²) in [5.74, 6) is 0.655. The predicted molar refractivity (Wildman–Crippen MR) is 66.8 cm³/mol. The van der Waals surface area contributed by atoms with Crippen molar-refractivity contribution < 1.29 is 9.53 Å². The smallest absolute Gasteiger partial charge is 0.323 e. The normalized spacial score (nSPS) is 30.0. The average Bonchev–Trinajstić information content (AvgIpc) is 2.73. The number of piperidine rings is 1. The van der Waals surface area contributed by atoms with Crippen LogP contribution in [-0.4, -0.2) is 49.2 Å². The molecule has 0 amide bonds. The Morgan fingerprint density at radius 2 is 2.29 bits per heavy atom. The molecule has 0 bridgehead atoms. The van der Waals surface area contributed by atoms with Crippen LogP contribution in [0.4, 0.5) is 0 Å². The molecule has 2 aliphatic heterocycles. The maximum Gasteiger partial charge on any atom is 0.323 e. The SMILES string of the molecule is CC(C)N(CC1CCCNC1)C1CCOC1=O. The number of cyclic esters (lactones) is 1. The summed E-state index contributed by atoms with van der Waals surface area (Å²) in [5, 5.41) is 3.44. The molecule has 0 aliphatic carbocycles. The molecule has 17 heavy (non-hydrogen) atoms. The second-order valence-corrected chi connectivity index (χ2v) is 5.47. The number of nitrogens with zero attached hydrogens (tertiary/aromatic N) is 1. The van der Waals surface area contributed by atoms with Crippen molar-refractivity contribution in [2.24, 2.45) is 5.92 Å². The molecular weight excluding hydrogens is 216 g/mol. The van der Waals surface area contributed by atoms with Crippen molar-refractivity contribution in [2.75, 3.05) is 26.2 Å². The third-order valence-corrected chi connectivity index (χ3v) is 3.84. The first-order valence-corrected chi connectivity index (χ1v) is 6.81. The summed E-state index contributed by atoms with van der Waals surface area (Å²) >= 11 is 0. The van der Waals surface area contributed by atoms with Crippen LogP contribution in [0.2, 0.25) is 0 Å². The Bertz CT molecular complexity index is 262. The Hall–Kier alpha value is -0.610. The fourth-order valence-electron chi connectivity index (χ4n) is 2.86. The maximum absolute atomic E-state index is 11.7. The number of hydrogen-bond donors (Lipinski definition) is 1. The summed E-state index contributed by atoms with van der Waals surface area (Å²) in [6, 6.07) is 0.407. The Morgan fingerprint density at radius 3 is 2.82 bits per heavy atom. The molecule has 1 N–H and O–H groups in total. The van der Waals surface area contributed by atoms with Crippen LogP contribution in [0, 0.1) is 5.92 Å². The van der Waals surface area contributed by atoms with Gasteiger partial charge in [0.2, 0.25) is 0 Å². The van der Waals surface area contributed by atoms with Gasteiger partial charge in [-0.15, -0.1) is 0 Å².